The molecule has 112 valence electrons. The van der Waals surface area contributed by atoms with E-state index in [1.54, 1.807) is 11.3 Å². The highest BCUT2D eigenvalue weighted by Crippen LogP contribution is 2.26. The van der Waals surface area contributed by atoms with Crippen LogP contribution in [0.25, 0.3) is 10.8 Å². The summed E-state index contributed by atoms with van der Waals surface area (Å²) in [5.74, 6) is 1.35. The van der Waals surface area contributed by atoms with Crippen LogP contribution in [-0.4, -0.2) is 30.0 Å². The molecule has 2 aromatic heterocycles. The van der Waals surface area contributed by atoms with Crippen LogP contribution in [0.15, 0.2) is 21.9 Å². The molecule has 0 saturated carbocycles. The van der Waals surface area contributed by atoms with Gasteiger partial charge in [-0.3, -0.25) is 4.79 Å². The number of rotatable bonds is 4. The minimum absolute atomic E-state index is 0.0241. The second-order valence-corrected chi connectivity index (χ2v) is 6.22. The second-order valence-electron chi connectivity index (χ2n) is 5.27. The van der Waals surface area contributed by atoms with Crippen molar-refractivity contribution in [2.75, 3.05) is 13.1 Å². The van der Waals surface area contributed by atoms with E-state index >= 15 is 0 Å². The van der Waals surface area contributed by atoms with Crippen LogP contribution in [0.1, 0.15) is 24.3 Å². The van der Waals surface area contributed by atoms with Gasteiger partial charge in [0.2, 0.25) is 11.8 Å². The minimum atomic E-state index is 0.0241. The van der Waals surface area contributed by atoms with Crippen LogP contribution in [0.3, 0.4) is 0 Å². The average molecular weight is 305 g/mol. The molecule has 2 aromatic rings. The molecule has 1 aliphatic heterocycles. The van der Waals surface area contributed by atoms with Gasteiger partial charge in [-0.15, -0.1) is 11.3 Å². The number of nitrogens with one attached hydrogen (secondary N) is 2. The number of amides is 1. The molecule has 5 nitrogen and oxygen atoms in total. The highest BCUT2D eigenvalue weighted by atomic mass is 32.1. The van der Waals surface area contributed by atoms with Crippen LogP contribution in [0.4, 0.5) is 0 Å². The Morgan fingerprint density at radius 3 is 3.05 bits per heavy atom. The van der Waals surface area contributed by atoms with Crippen molar-refractivity contribution in [2.45, 2.75) is 32.2 Å². The molecule has 3 rings (SSSR count). The SMILES string of the molecule is Cc1oc(-c2cccs2)nc1CC(=O)NC1CCNCC1. The molecule has 0 spiro atoms. The summed E-state index contributed by atoms with van der Waals surface area (Å²) >= 11 is 1.58. The van der Waals surface area contributed by atoms with Gasteiger partial charge in [0, 0.05) is 6.04 Å². The van der Waals surface area contributed by atoms with Gasteiger partial charge < -0.3 is 15.1 Å². The summed E-state index contributed by atoms with van der Waals surface area (Å²) in [6, 6.07) is 4.21. The number of aryl methyl sites for hydroxylation is 1. The van der Waals surface area contributed by atoms with Gasteiger partial charge >= 0.3 is 0 Å². The summed E-state index contributed by atoms with van der Waals surface area (Å²) in [6.07, 6.45) is 2.26. The first-order chi connectivity index (χ1) is 10.2. The molecule has 0 aromatic carbocycles. The van der Waals surface area contributed by atoms with E-state index in [0.717, 1.165) is 42.3 Å². The van der Waals surface area contributed by atoms with Crippen LogP contribution in [-0.2, 0) is 11.2 Å². The number of carbonyl (C=O) groups is 1. The molecule has 0 aliphatic carbocycles. The molecule has 1 amide bonds. The molecule has 0 atom stereocenters. The fraction of sp³-hybridized carbons (Fsp3) is 0.467. The van der Waals surface area contributed by atoms with Crippen molar-refractivity contribution < 1.29 is 9.21 Å². The lowest BCUT2D eigenvalue weighted by atomic mass is 10.1. The van der Waals surface area contributed by atoms with Crippen LogP contribution < -0.4 is 10.6 Å². The zero-order valence-electron chi connectivity index (χ0n) is 12.0. The van der Waals surface area contributed by atoms with E-state index in [2.05, 4.69) is 15.6 Å². The Bertz CT molecular complexity index is 600. The minimum Gasteiger partial charge on any atom is -0.440 e. The molecule has 0 radical (unpaired) electrons. The van der Waals surface area contributed by atoms with Crippen LogP contribution >= 0.6 is 11.3 Å². The number of hydrogen-bond donors (Lipinski definition) is 2. The molecule has 6 heteroatoms. The Kier molecular flexibility index (Phi) is 4.36. The van der Waals surface area contributed by atoms with Gasteiger partial charge in [0.15, 0.2) is 0 Å². The number of oxazole rings is 1. The van der Waals surface area contributed by atoms with E-state index < -0.39 is 0 Å². The number of carbonyl (C=O) groups excluding carboxylic acids is 1. The van der Waals surface area contributed by atoms with Gasteiger partial charge in [0.25, 0.3) is 0 Å². The summed E-state index contributed by atoms with van der Waals surface area (Å²) in [5.41, 5.74) is 0.727. The number of thiophene rings is 1. The van der Waals surface area contributed by atoms with Crippen molar-refractivity contribution in [3.8, 4) is 10.8 Å². The molecule has 1 fully saturated rings. The smallest absolute Gasteiger partial charge is 0.236 e. The molecule has 0 unspecified atom stereocenters. The van der Waals surface area contributed by atoms with E-state index in [1.807, 2.05) is 24.4 Å². The summed E-state index contributed by atoms with van der Waals surface area (Å²) in [4.78, 5) is 17.6. The van der Waals surface area contributed by atoms with E-state index in [9.17, 15) is 4.79 Å². The van der Waals surface area contributed by atoms with Gasteiger partial charge in [-0.05, 0) is 44.3 Å². The molecule has 3 heterocycles. The maximum atomic E-state index is 12.1. The molecule has 0 bridgehead atoms. The molecule has 1 saturated heterocycles. The quantitative estimate of drug-likeness (QED) is 0.908. The topological polar surface area (TPSA) is 67.2 Å². The third-order valence-corrected chi connectivity index (χ3v) is 4.51. The maximum absolute atomic E-state index is 12.1. The third-order valence-electron chi connectivity index (χ3n) is 3.66. The molecular weight excluding hydrogens is 286 g/mol. The highest BCUT2D eigenvalue weighted by Gasteiger charge is 2.18. The zero-order chi connectivity index (χ0) is 14.7. The van der Waals surface area contributed by atoms with Gasteiger partial charge in [0.05, 0.1) is 17.0 Å². The van der Waals surface area contributed by atoms with Crippen molar-refractivity contribution in [1.82, 2.24) is 15.6 Å². The van der Waals surface area contributed by atoms with Gasteiger partial charge in [-0.25, -0.2) is 4.98 Å². The zero-order valence-corrected chi connectivity index (χ0v) is 12.8. The van der Waals surface area contributed by atoms with Crippen molar-refractivity contribution in [3.63, 3.8) is 0 Å². The van der Waals surface area contributed by atoms with E-state index in [0.29, 0.717) is 5.89 Å². The molecule has 21 heavy (non-hydrogen) atoms. The fourth-order valence-electron chi connectivity index (χ4n) is 2.49. The molecule has 2 N–H and O–H groups in total. The summed E-state index contributed by atoms with van der Waals surface area (Å²) in [6.45, 7) is 3.80. The lowest BCUT2D eigenvalue weighted by Crippen LogP contribution is -2.43. The Hall–Kier alpha value is -1.66. The summed E-state index contributed by atoms with van der Waals surface area (Å²) in [5, 5.41) is 8.35. The summed E-state index contributed by atoms with van der Waals surface area (Å²) < 4.78 is 5.66. The molecular formula is C15H19N3O2S. The lowest BCUT2D eigenvalue weighted by Gasteiger charge is -2.23. The molecule has 1 aliphatic rings. The van der Waals surface area contributed by atoms with E-state index in [4.69, 9.17) is 4.42 Å². The second kappa shape index (κ2) is 6.41. The Morgan fingerprint density at radius 1 is 1.52 bits per heavy atom. The van der Waals surface area contributed by atoms with Crippen LogP contribution in [0, 0.1) is 6.92 Å². The first kappa shape index (κ1) is 14.3. The van der Waals surface area contributed by atoms with Crippen LogP contribution in [0.2, 0.25) is 0 Å². The van der Waals surface area contributed by atoms with Crippen molar-refractivity contribution in [2.24, 2.45) is 0 Å². The predicted octanol–water partition coefficient (Wildman–Crippen LogP) is 2.12. The Labute approximate surface area is 127 Å². The lowest BCUT2D eigenvalue weighted by molar-refractivity contribution is -0.121. The van der Waals surface area contributed by atoms with E-state index in [-0.39, 0.29) is 18.4 Å². The van der Waals surface area contributed by atoms with Gasteiger partial charge in [-0.2, -0.15) is 0 Å². The van der Waals surface area contributed by atoms with Gasteiger partial charge in [0.1, 0.15) is 5.76 Å². The number of hydrogen-bond acceptors (Lipinski definition) is 5. The van der Waals surface area contributed by atoms with Crippen molar-refractivity contribution >= 4 is 17.2 Å². The average Bonchev–Trinajstić information content (AvgIpc) is 3.10. The fourth-order valence-corrected chi connectivity index (χ4v) is 3.14. The number of piperidine rings is 1. The number of nitrogens with zero attached hydrogens (tertiary/aromatic N) is 1. The highest BCUT2D eigenvalue weighted by molar-refractivity contribution is 7.13. The summed E-state index contributed by atoms with van der Waals surface area (Å²) in [7, 11) is 0. The van der Waals surface area contributed by atoms with Crippen LogP contribution in [0.5, 0.6) is 0 Å². The largest absolute Gasteiger partial charge is 0.440 e. The standard InChI is InChI=1S/C15H19N3O2S/c1-10-12(18-15(20-10)13-3-2-8-21-13)9-14(19)17-11-4-6-16-7-5-11/h2-3,8,11,16H,4-7,9H2,1H3,(H,17,19). The predicted molar refractivity (Wildman–Crippen MR) is 82.3 cm³/mol. The Balaban J connectivity index is 1.63. The van der Waals surface area contributed by atoms with Gasteiger partial charge in [-0.1, -0.05) is 6.07 Å². The third kappa shape index (κ3) is 3.51. The first-order valence-electron chi connectivity index (χ1n) is 7.22. The number of aromatic nitrogens is 1. The Morgan fingerprint density at radius 2 is 2.33 bits per heavy atom. The normalized spacial score (nSPS) is 16.0. The van der Waals surface area contributed by atoms with Crippen molar-refractivity contribution in [1.29, 1.82) is 0 Å². The maximum Gasteiger partial charge on any atom is 0.236 e. The monoisotopic (exact) mass is 305 g/mol. The van der Waals surface area contributed by atoms with E-state index in [1.165, 1.54) is 0 Å². The van der Waals surface area contributed by atoms with Crippen molar-refractivity contribution in [3.05, 3.63) is 29.0 Å². The first-order valence-corrected chi connectivity index (χ1v) is 8.10.